The van der Waals surface area contributed by atoms with E-state index in [-0.39, 0.29) is 23.6 Å². The number of para-hydroxylation sites is 2. The van der Waals surface area contributed by atoms with E-state index in [2.05, 4.69) is 10.0 Å². The van der Waals surface area contributed by atoms with Crippen LogP contribution >= 0.6 is 11.6 Å². The summed E-state index contributed by atoms with van der Waals surface area (Å²) in [4.78, 5) is 12.4. The molecular formula is C22H21ClN2O4S. The second kappa shape index (κ2) is 9.65. The molecule has 0 saturated heterocycles. The second-order valence-electron chi connectivity index (χ2n) is 6.48. The van der Waals surface area contributed by atoms with Gasteiger partial charge in [0, 0.05) is 5.56 Å². The largest absolute Gasteiger partial charge is 0.490 e. The molecule has 3 aromatic rings. The molecule has 0 aliphatic carbocycles. The Morgan fingerprint density at radius 2 is 1.73 bits per heavy atom. The lowest BCUT2D eigenvalue weighted by Gasteiger charge is -2.12. The number of nitrogens with one attached hydrogen (secondary N) is 2. The molecule has 30 heavy (non-hydrogen) atoms. The lowest BCUT2D eigenvalue weighted by atomic mass is 10.2. The minimum Gasteiger partial charge on any atom is -0.490 e. The number of amides is 1. The Morgan fingerprint density at radius 1 is 1.00 bits per heavy atom. The van der Waals surface area contributed by atoms with Crippen LogP contribution in [0.25, 0.3) is 0 Å². The quantitative estimate of drug-likeness (QED) is 0.508. The molecule has 3 aromatic carbocycles. The van der Waals surface area contributed by atoms with Gasteiger partial charge in [-0.1, -0.05) is 48.0 Å². The van der Waals surface area contributed by atoms with Gasteiger partial charge < -0.3 is 10.1 Å². The number of carbonyl (C=O) groups excluding carboxylic acids is 1. The van der Waals surface area contributed by atoms with Crippen molar-refractivity contribution in [2.24, 2.45) is 0 Å². The average Bonchev–Trinajstić information content (AvgIpc) is 2.74. The predicted molar refractivity (Wildman–Crippen MR) is 118 cm³/mol. The van der Waals surface area contributed by atoms with Crippen molar-refractivity contribution in [2.45, 2.75) is 11.8 Å². The summed E-state index contributed by atoms with van der Waals surface area (Å²) < 4.78 is 33.5. The van der Waals surface area contributed by atoms with Gasteiger partial charge in [0.2, 0.25) is 0 Å². The van der Waals surface area contributed by atoms with Crippen LogP contribution in [0.2, 0.25) is 5.02 Å². The Morgan fingerprint density at radius 3 is 2.50 bits per heavy atom. The summed E-state index contributed by atoms with van der Waals surface area (Å²) >= 11 is 6.01. The van der Waals surface area contributed by atoms with Crippen molar-refractivity contribution < 1.29 is 17.9 Å². The Labute approximate surface area is 180 Å². The summed E-state index contributed by atoms with van der Waals surface area (Å²) in [5.74, 6) is 0.134. The zero-order valence-corrected chi connectivity index (χ0v) is 17.8. The molecule has 0 spiro atoms. The third-order valence-corrected chi connectivity index (χ3v) is 5.95. The second-order valence-corrected chi connectivity index (χ2v) is 8.57. The molecule has 6 nitrogen and oxygen atoms in total. The van der Waals surface area contributed by atoms with Gasteiger partial charge in [0.25, 0.3) is 15.9 Å². The number of ether oxygens (including phenoxy) is 1. The number of carbonyl (C=O) groups is 1. The van der Waals surface area contributed by atoms with Gasteiger partial charge >= 0.3 is 0 Å². The highest BCUT2D eigenvalue weighted by atomic mass is 35.5. The molecule has 156 valence electrons. The number of halogens is 1. The molecule has 2 N–H and O–H groups in total. The van der Waals surface area contributed by atoms with Gasteiger partial charge in [-0.3, -0.25) is 9.52 Å². The van der Waals surface area contributed by atoms with E-state index in [9.17, 15) is 13.2 Å². The first-order valence-corrected chi connectivity index (χ1v) is 11.1. The third-order valence-electron chi connectivity index (χ3n) is 4.28. The SMILES string of the molecule is Cc1ccccc1NS(=O)(=O)c1cccc(C(=O)NCCOc2ccccc2Cl)c1. The Hall–Kier alpha value is -3.03. The average molecular weight is 445 g/mol. The predicted octanol–water partition coefficient (Wildman–Crippen LogP) is 4.26. The number of benzene rings is 3. The van der Waals surface area contributed by atoms with Crippen molar-refractivity contribution in [2.75, 3.05) is 17.9 Å². The highest BCUT2D eigenvalue weighted by Gasteiger charge is 2.17. The van der Waals surface area contributed by atoms with E-state index in [1.807, 2.05) is 19.1 Å². The van der Waals surface area contributed by atoms with Crippen LogP contribution in [0.5, 0.6) is 5.75 Å². The Kier molecular flexibility index (Phi) is 6.97. The molecular weight excluding hydrogens is 424 g/mol. The van der Waals surface area contributed by atoms with Crippen LogP contribution in [0.15, 0.2) is 77.7 Å². The summed E-state index contributed by atoms with van der Waals surface area (Å²) in [6, 6.07) is 20.0. The highest BCUT2D eigenvalue weighted by Crippen LogP contribution is 2.23. The van der Waals surface area contributed by atoms with Crippen LogP contribution in [0, 0.1) is 6.92 Å². The lowest BCUT2D eigenvalue weighted by molar-refractivity contribution is 0.0947. The Bertz CT molecular complexity index is 1150. The van der Waals surface area contributed by atoms with E-state index in [0.29, 0.717) is 16.5 Å². The Balaban J connectivity index is 1.62. The van der Waals surface area contributed by atoms with Crippen LogP contribution in [0.1, 0.15) is 15.9 Å². The van der Waals surface area contributed by atoms with Crippen molar-refractivity contribution >= 4 is 33.2 Å². The molecule has 0 saturated carbocycles. The van der Waals surface area contributed by atoms with Crippen molar-refractivity contribution in [1.82, 2.24) is 5.32 Å². The number of hydrogen-bond acceptors (Lipinski definition) is 4. The molecule has 1 amide bonds. The first kappa shape index (κ1) is 21.7. The van der Waals surface area contributed by atoms with Gasteiger partial charge in [0.05, 0.1) is 22.2 Å². The van der Waals surface area contributed by atoms with Gasteiger partial charge in [0.1, 0.15) is 12.4 Å². The van der Waals surface area contributed by atoms with E-state index in [1.165, 1.54) is 18.2 Å². The third kappa shape index (κ3) is 5.52. The number of anilines is 1. The fourth-order valence-electron chi connectivity index (χ4n) is 2.68. The van der Waals surface area contributed by atoms with Crippen molar-refractivity contribution in [3.05, 3.63) is 88.9 Å². The zero-order chi connectivity index (χ0) is 21.6. The van der Waals surface area contributed by atoms with E-state index >= 15 is 0 Å². The normalized spacial score (nSPS) is 11.0. The van der Waals surface area contributed by atoms with Crippen LogP contribution in [-0.2, 0) is 10.0 Å². The minimum absolute atomic E-state index is 0.00530. The van der Waals surface area contributed by atoms with Crippen LogP contribution in [0.3, 0.4) is 0 Å². The summed E-state index contributed by atoms with van der Waals surface area (Å²) in [6.45, 7) is 2.28. The number of sulfonamides is 1. The standard InChI is InChI=1S/C22H21ClN2O4S/c1-16-7-2-4-11-20(16)25-30(27,28)18-9-6-8-17(15-18)22(26)24-13-14-29-21-12-5-3-10-19(21)23/h2-12,15,25H,13-14H2,1H3,(H,24,26). The summed E-state index contributed by atoms with van der Waals surface area (Å²) in [5, 5.41) is 3.19. The molecule has 0 aromatic heterocycles. The van der Waals surface area contributed by atoms with Crippen molar-refractivity contribution in [3.63, 3.8) is 0 Å². The molecule has 0 atom stereocenters. The number of hydrogen-bond donors (Lipinski definition) is 2. The summed E-state index contributed by atoms with van der Waals surface area (Å²) in [7, 11) is -3.83. The van der Waals surface area contributed by atoms with Gasteiger partial charge in [0.15, 0.2) is 0 Å². The van der Waals surface area contributed by atoms with E-state index < -0.39 is 15.9 Å². The van der Waals surface area contributed by atoms with Gasteiger partial charge in [-0.05, 0) is 48.9 Å². The van der Waals surface area contributed by atoms with Crippen molar-refractivity contribution in [3.8, 4) is 5.75 Å². The summed E-state index contributed by atoms with van der Waals surface area (Å²) in [5.41, 5.74) is 1.53. The molecule has 3 rings (SSSR count). The summed E-state index contributed by atoms with van der Waals surface area (Å²) in [6.07, 6.45) is 0. The first-order valence-electron chi connectivity index (χ1n) is 9.21. The molecule has 0 aliphatic rings. The van der Waals surface area contributed by atoms with Crippen LogP contribution < -0.4 is 14.8 Å². The number of rotatable bonds is 8. The molecule has 0 aliphatic heterocycles. The smallest absolute Gasteiger partial charge is 0.261 e. The van der Waals surface area contributed by atoms with Gasteiger partial charge in [-0.2, -0.15) is 0 Å². The lowest BCUT2D eigenvalue weighted by Crippen LogP contribution is -2.28. The fraction of sp³-hybridized carbons (Fsp3) is 0.136. The van der Waals surface area contributed by atoms with Crippen LogP contribution in [0.4, 0.5) is 5.69 Å². The van der Waals surface area contributed by atoms with E-state index in [0.717, 1.165) is 5.56 Å². The monoisotopic (exact) mass is 444 g/mol. The maximum absolute atomic E-state index is 12.7. The zero-order valence-electron chi connectivity index (χ0n) is 16.3. The minimum atomic E-state index is -3.83. The van der Waals surface area contributed by atoms with Crippen molar-refractivity contribution in [1.29, 1.82) is 0 Å². The van der Waals surface area contributed by atoms with Crippen LogP contribution in [-0.4, -0.2) is 27.5 Å². The fourth-order valence-corrected chi connectivity index (χ4v) is 4.05. The van der Waals surface area contributed by atoms with E-state index in [1.54, 1.807) is 42.5 Å². The maximum Gasteiger partial charge on any atom is 0.261 e. The first-order chi connectivity index (χ1) is 14.4. The number of aryl methyl sites for hydroxylation is 1. The van der Waals surface area contributed by atoms with Gasteiger partial charge in [-0.15, -0.1) is 0 Å². The molecule has 0 bridgehead atoms. The molecule has 0 radical (unpaired) electrons. The van der Waals surface area contributed by atoms with Gasteiger partial charge in [-0.25, -0.2) is 8.42 Å². The molecule has 0 fully saturated rings. The topological polar surface area (TPSA) is 84.5 Å². The molecule has 0 unspecified atom stereocenters. The maximum atomic E-state index is 12.7. The highest BCUT2D eigenvalue weighted by molar-refractivity contribution is 7.92. The van der Waals surface area contributed by atoms with E-state index in [4.69, 9.17) is 16.3 Å². The molecule has 8 heteroatoms. The molecule has 0 heterocycles.